The zero-order chi connectivity index (χ0) is 19.1. The Hall–Kier alpha value is -3.60. The Morgan fingerprint density at radius 2 is 1.48 bits per heavy atom. The Kier molecular flexibility index (Phi) is 5.84. The Balaban J connectivity index is 1.80. The lowest BCUT2D eigenvalue weighted by atomic mass is 9.99. The van der Waals surface area contributed by atoms with Crippen molar-refractivity contribution in [1.82, 2.24) is 0 Å². The van der Waals surface area contributed by atoms with Gasteiger partial charge in [-0.25, -0.2) is 4.79 Å². The minimum atomic E-state index is -0.532. The second-order valence-electron chi connectivity index (χ2n) is 5.79. The standard InChI is InChI=1S/C22H20N2O3/c1-2-27-22(26)24-18-12-8-11-17(15-18)23-21(25)20-14-7-6-13-19(20)16-9-4-3-5-10-16/h3-15H,2H2,1H3,(H,23,25)(H,24,26). The maximum atomic E-state index is 12.8. The van der Waals surface area contributed by atoms with Crippen molar-refractivity contribution in [2.75, 3.05) is 17.2 Å². The summed E-state index contributed by atoms with van der Waals surface area (Å²) in [5.74, 6) is -0.220. The molecule has 0 fully saturated rings. The summed E-state index contributed by atoms with van der Waals surface area (Å²) in [4.78, 5) is 24.4. The summed E-state index contributed by atoms with van der Waals surface area (Å²) in [7, 11) is 0. The van der Waals surface area contributed by atoms with E-state index in [4.69, 9.17) is 4.74 Å². The SMILES string of the molecule is CCOC(=O)Nc1cccc(NC(=O)c2ccccc2-c2ccccc2)c1. The van der Waals surface area contributed by atoms with Gasteiger partial charge in [0, 0.05) is 16.9 Å². The third-order valence-corrected chi connectivity index (χ3v) is 3.90. The number of nitrogens with one attached hydrogen (secondary N) is 2. The molecule has 0 aliphatic rings. The number of carbonyl (C=O) groups excluding carboxylic acids is 2. The van der Waals surface area contributed by atoms with E-state index in [1.165, 1.54) is 0 Å². The van der Waals surface area contributed by atoms with Gasteiger partial charge in [-0.15, -0.1) is 0 Å². The summed E-state index contributed by atoms with van der Waals surface area (Å²) in [6.45, 7) is 2.03. The molecule has 27 heavy (non-hydrogen) atoms. The first-order valence-electron chi connectivity index (χ1n) is 8.67. The monoisotopic (exact) mass is 360 g/mol. The van der Waals surface area contributed by atoms with Gasteiger partial charge in [-0.3, -0.25) is 10.1 Å². The van der Waals surface area contributed by atoms with Crippen LogP contribution in [0.4, 0.5) is 16.2 Å². The molecule has 0 spiro atoms. The number of hydrogen-bond donors (Lipinski definition) is 2. The van der Waals surface area contributed by atoms with Crippen LogP contribution in [0.15, 0.2) is 78.9 Å². The second kappa shape index (κ2) is 8.67. The molecule has 0 bridgehead atoms. The topological polar surface area (TPSA) is 67.4 Å². The predicted molar refractivity (Wildman–Crippen MR) is 107 cm³/mol. The van der Waals surface area contributed by atoms with E-state index in [-0.39, 0.29) is 5.91 Å². The summed E-state index contributed by atoms with van der Waals surface area (Å²) in [5.41, 5.74) is 3.53. The fraction of sp³-hybridized carbons (Fsp3) is 0.0909. The Morgan fingerprint density at radius 1 is 0.815 bits per heavy atom. The molecule has 0 saturated heterocycles. The van der Waals surface area contributed by atoms with Crippen molar-refractivity contribution < 1.29 is 14.3 Å². The highest BCUT2D eigenvalue weighted by molar-refractivity contribution is 6.09. The van der Waals surface area contributed by atoms with Crippen LogP contribution in [-0.2, 0) is 4.74 Å². The highest BCUT2D eigenvalue weighted by Crippen LogP contribution is 2.24. The molecular weight excluding hydrogens is 340 g/mol. The number of amides is 2. The van der Waals surface area contributed by atoms with Crippen LogP contribution in [0.2, 0.25) is 0 Å². The first-order valence-corrected chi connectivity index (χ1v) is 8.67. The number of benzene rings is 3. The van der Waals surface area contributed by atoms with Gasteiger partial charge in [0.15, 0.2) is 0 Å². The van der Waals surface area contributed by atoms with Gasteiger partial charge in [-0.2, -0.15) is 0 Å². The average molecular weight is 360 g/mol. The van der Waals surface area contributed by atoms with E-state index < -0.39 is 6.09 Å². The van der Waals surface area contributed by atoms with Gasteiger partial charge in [0.2, 0.25) is 0 Å². The summed E-state index contributed by atoms with van der Waals surface area (Å²) in [5, 5.41) is 5.50. The van der Waals surface area contributed by atoms with E-state index >= 15 is 0 Å². The zero-order valence-electron chi connectivity index (χ0n) is 14.9. The minimum Gasteiger partial charge on any atom is -0.450 e. The molecule has 0 aliphatic carbocycles. The quantitative estimate of drug-likeness (QED) is 0.659. The number of hydrogen-bond acceptors (Lipinski definition) is 3. The molecule has 136 valence electrons. The molecule has 3 aromatic carbocycles. The lowest BCUT2D eigenvalue weighted by Gasteiger charge is -2.12. The first kappa shape index (κ1) is 18.2. The fourth-order valence-corrected chi connectivity index (χ4v) is 2.71. The normalized spacial score (nSPS) is 10.1. The molecule has 0 unspecified atom stereocenters. The first-order chi connectivity index (χ1) is 13.2. The van der Waals surface area contributed by atoms with Gasteiger partial charge in [0.05, 0.1) is 6.61 Å². The third kappa shape index (κ3) is 4.73. The third-order valence-electron chi connectivity index (χ3n) is 3.90. The van der Waals surface area contributed by atoms with Crippen molar-refractivity contribution in [2.24, 2.45) is 0 Å². The van der Waals surface area contributed by atoms with Crippen LogP contribution >= 0.6 is 0 Å². The number of anilines is 2. The summed E-state index contributed by atoms with van der Waals surface area (Å²) in [6, 6.07) is 24.1. The van der Waals surface area contributed by atoms with Crippen molar-refractivity contribution in [2.45, 2.75) is 6.92 Å². The molecule has 0 aliphatic heterocycles. The van der Waals surface area contributed by atoms with Crippen LogP contribution in [0.1, 0.15) is 17.3 Å². The molecule has 0 aromatic heterocycles. The largest absolute Gasteiger partial charge is 0.450 e. The maximum Gasteiger partial charge on any atom is 0.411 e. The molecule has 5 nitrogen and oxygen atoms in total. The van der Waals surface area contributed by atoms with Crippen LogP contribution in [0.25, 0.3) is 11.1 Å². The zero-order valence-corrected chi connectivity index (χ0v) is 14.9. The molecule has 3 aromatic rings. The Morgan fingerprint density at radius 3 is 2.22 bits per heavy atom. The van der Waals surface area contributed by atoms with Crippen molar-refractivity contribution in [1.29, 1.82) is 0 Å². The summed E-state index contributed by atoms with van der Waals surface area (Å²) >= 11 is 0. The van der Waals surface area contributed by atoms with Gasteiger partial charge in [-0.1, -0.05) is 54.6 Å². The van der Waals surface area contributed by atoms with Crippen molar-refractivity contribution in [3.05, 3.63) is 84.4 Å². The average Bonchev–Trinajstić information content (AvgIpc) is 2.69. The van der Waals surface area contributed by atoms with Crippen molar-refractivity contribution >= 4 is 23.4 Å². The summed E-state index contributed by atoms with van der Waals surface area (Å²) in [6.07, 6.45) is -0.532. The van der Waals surface area contributed by atoms with Crippen LogP contribution in [-0.4, -0.2) is 18.6 Å². The van der Waals surface area contributed by atoms with E-state index in [0.717, 1.165) is 11.1 Å². The molecule has 0 atom stereocenters. The van der Waals surface area contributed by atoms with Crippen LogP contribution in [0.3, 0.4) is 0 Å². The molecule has 3 rings (SSSR count). The van der Waals surface area contributed by atoms with Crippen LogP contribution in [0.5, 0.6) is 0 Å². The Bertz CT molecular complexity index is 939. The van der Waals surface area contributed by atoms with Gasteiger partial charge < -0.3 is 10.1 Å². The van der Waals surface area contributed by atoms with E-state index in [9.17, 15) is 9.59 Å². The number of carbonyl (C=O) groups is 2. The molecule has 2 N–H and O–H groups in total. The number of ether oxygens (including phenoxy) is 1. The van der Waals surface area contributed by atoms with E-state index in [0.29, 0.717) is 23.5 Å². The summed E-state index contributed by atoms with van der Waals surface area (Å²) < 4.78 is 4.86. The maximum absolute atomic E-state index is 12.8. The van der Waals surface area contributed by atoms with Crippen molar-refractivity contribution in [3.63, 3.8) is 0 Å². The molecule has 0 heterocycles. The molecule has 0 radical (unpaired) electrons. The van der Waals surface area contributed by atoms with E-state index in [1.54, 1.807) is 37.3 Å². The Labute approximate surface area is 158 Å². The van der Waals surface area contributed by atoms with Gasteiger partial charge >= 0.3 is 6.09 Å². The van der Waals surface area contributed by atoms with E-state index in [2.05, 4.69) is 10.6 Å². The van der Waals surface area contributed by atoms with Crippen LogP contribution < -0.4 is 10.6 Å². The highest BCUT2D eigenvalue weighted by atomic mass is 16.5. The minimum absolute atomic E-state index is 0.220. The van der Waals surface area contributed by atoms with E-state index in [1.807, 2.05) is 48.5 Å². The van der Waals surface area contributed by atoms with Gasteiger partial charge in [-0.05, 0) is 42.3 Å². The molecule has 5 heteroatoms. The lowest BCUT2D eigenvalue weighted by molar-refractivity contribution is 0.102. The lowest BCUT2D eigenvalue weighted by Crippen LogP contribution is -2.15. The second-order valence-corrected chi connectivity index (χ2v) is 5.79. The van der Waals surface area contributed by atoms with Gasteiger partial charge in [0.25, 0.3) is 5.91 Å². The fourth-order valence-electron chi connectivity index (χ4n) is 2.71. The molecule has 2 amide bonds. The highest BCUT2D eigenvalue weighted by Gasteiger charge is 2.13. The predicted octanol–water partition coefficient (Wildman–Crippen LogP) is 5.17. The molecular formula is C22H20N2O3. The molecule has 0 saturated carbocycles. The smallest absolute Gasteiger partial charge is 0.411 e. The van der Waals surface area contributed by atoms with Crippen LogP contribution in [0, 0.1) is 0 Å². The number of rotatable bonds is 5. The van der Waals surface area contributed by atoms with Crippen molar-refractivity contribution in [3.8, 4) is 11.1 Å². The van der Waals surface area contributed by atoms with Gasteiger partial charge in [0.1, 0.15) is 0 Å².